The lowest BCUT2D eigenvalue weighted by Gasteiger charge is -2.18. The van der Waals surface area contributed by atoms with E-state index >= 15 is 0 Å². The normalized spacial score (nSPS) is 17.9. The molecule has 2 rings (SSSR count). The van der Waals surface area contributed by atoms with Crippen LogP contribution in [0.25, 0.3) is 0 Å². The summed E-state index contributed by atoms with van der Waals surface area (Å²) < 4.78 is 31.7. The number of anilines is 2. The van der Waals surface area contributed by atoms with Crippen molar-refractivity contribution >= 4 is 17.7 Å². The van der Waals surface area contributed by atoms with Gasteiger partial charge in [-0.15, -0.1) is 0 Å². The van der Waals surface area contributed by atoms with E-state index < -0.39 is 12.1 Å². The number of hydrogen-bond acceptors (Lipinski definition) is 6. The fourth-order valence-corrected chi connectivity index (χ4v) is 1.92. The van der Waals surface area contributed by atoms with Gasteiger partial charge in [0.15, 0.2) is 0 Å². The van der Waals surface area contributed by atoms with Gasteiger partial charge in [0.05, 0.1) is 5.69 Å². The van der Waals surface area contributed by atoms with Gasteiger partial charge in [0.1, 0.15) is 5.82 Å². The minimum Gasteiger partial charge on any atom is -0.475 e. The van der Waals surface area contributed by atoms with Crippen molar-refractivity contribution in [2.75, 3.05) is 23.7 Å². The molecule has 0 spiro atoms. The lowest BCUT2D eigenvalue weighted by atomic mass is 10.1. The van der Waals surface area contributed by atoms with Crippen molar-refractivity contribution in [1.29, 1.82) is 0 Å². The molecule has 0 radical (unpaired) electrons. The van der Waals surface area contributed by atoms with Crippen molar-refractivity contribution in [3.05, 3.63) is 11.8 Å². The molecule has 0 bridgehead atoms. The molecule has 1 aromatic heterocycles. The van der Waals surface area contributed by atoms with Crippen molar-refractivity contribution in [2.24, 2.45) is 5.73 Å². The minimum atomic E-state index is -5.08. The Morgan fingerprint density at radius 3 is 2.39 bits per heavy atom. The van der Waals surface area contributed by atoms with Crippen molar-refractivity contribution in [3.63, 3.8) is 0 Å². The molecule has 23 heavy (non-hydrogen) atoms. The number of rotatable bonds is 2. The van der Waals surface area contributed by atoms with E-state index in [0.29, 0.717) is 11.9 Å². The first-order valence-electron chi connectivity index (χ1n) is 6.95. The molecule has 0 saturated carbocycles. The number of carbonyl (C=O) groups is 1. The van der Waals surface area contributed by atoms with E-state index in [9.17, 15) is 13.2 Å². The summed E-state index contributed by atoms with van der Waals surface area (Å²) in [6.45, 7) is 6.01. The third-order valence-electron chi connectivity index (χ3n) is 3.13. The molecule has 0 aliphatic carbocycles. The molecule has 1 aliphatic rings. The first-order chi connectivity index (χ1) is 10.5. The van der Waals surface area contributed by atoms with Gasteiger partial charge in [0, 0.05) is 25.2 Å². The van der Waals surface area contributed by atoms with E-state index in [1.807, 2.05) is 6.07 Å². The lowest BCUT2D eigenvalue weighted by Crippen LogP contribution is -2.27. The number of hydrogen-bond donors (Lipinski definition) is 3. The Morgan fingerprint density at radius 1 is 1.43 bits per heavy atom. The molecular weight excluding hydrogens is 315 g/mol. The maximum atomic E-state index is 10.6. The molecule has 1 aromatic rings. The fraction of sp³-hybridized carbons (Fsp3) is 0.615. The number of carboxylic acids is 1. The summed E-state index contributed by atoms with van der Waals surface area (Å²) in [7, 11) is 0. The van der Waals surface area contributed by atoms with E-state index in [4.69, 9.17) is 21.4 Å². The van der Waals surface area contributed by atoms with Crippen molar-refractivity contribution in [1.82, 2.24) is 9.97 Å². The van der Waals surface area contributed by atoms with Gasteiger partial charge in [-0.3, -0.25) is 0 Å². The maximum Gasteiger partial charge on any atom is 0.490 e. The van der Waals surface area contributed by atoms with E-state index in [1.54, 1.807) is 0 Å². The van der Waals surface area contributed by atoms with Gasteiger partial charge in [-0.2, -0.15) is 18.2 Å². The molecule has 0 unspecified atom stereocenters. The molecule has 1 saturated heterocycles. The summed E-state index contributed by atoms with van der Waals surface area (Å²) >= 11 is 0. The highest BCUT2D eigenvalue weighted by molar-refractivity contribution is 5.73. The summed E-state index contributed by atoms with van der Waals surface area (Å²) in [5.41, 5.74) is 12.6. The summed E-state index contributed by atoms with van der Waals surface area (Å²) in [5.74, 6) is -1.14. The summed E-state index contributed by atoms with van der Waals surface area (Å²) in [6, 6.07) is 2.26. The highest BCUT2D eigenvalue weighted by Gasteiger charge is 2.38. The van der Waals surface area contributed by atoms with Gasteiger partial charge in [-0.05, 0) is 12.3 Å². The SMILES string of the molecule is CC(C)c1cc(N2CC[C@@H](N)C2)nc(N)n1.O=C(O)C(F)(F)F. The van der Waals surface area contributed by atoms with Crippen LogP contribution >= 0.6 is 0 Å². The molecular formula is C13H20F3N5O2. The van der Waals surface area contributed by atoms with Crippen molar-refractivity contribution in [2.45, 2.75) is 38.4 Å². The van der Waals surface area contributed by atoms with Gasteiger partial charge in [-0.25, -0.2) is 9.78 Å². The predicted octanol–water partition coefficient (Wildman–Crippen LogP) is 1.35. The summed E-state index contributed by atoms with van der Waals surface area (Å²) in [4.78, 5) is 19.6. The molecule has 7 nitrogen and oxygen atoms in total. The molecule has 130 valence electrons. The number of aromatic nitrogens is 2. The molecule has 10 heteroatoms. The molecule has 1 fully saturated rings. The topological polar surface area (TPSA) is 118 Å². The Kier molecular flexibility index (Phi) is 6.13. The van der Waals surface area contributed by atoms with Crippen LogP contribution in [0.5, 0.6) is 0 Å². The monoisotopic (exact) mass is 335 g/mol. The summed E-state index contributed by atoms with van der Waals surface area (Å²) in [6.07, 6.45) is -4.07. The molecule has 1 atom stereocenters. The van der Waals surface area contributed by atoms with Crippen LogP contribution < -0.4 is 16.4 Å². The Labute approximate surface area is 131 Å². The second-order valence-electron chi connectivity index (χ2n) is 5.46. The molecule has 5 N–H and O–H groups in total. The molecule has 2 heterocycles. The van der Waals surface area contributed by atoms with Crippen LogP contribution in [-0.2, 0) is 4.79 Å². The third-order valence-corrected chi connectivity index (χ3v) is 3.13. The van der Waals surface area contributed by atoms with Crippen LogP contribution in [0, 0.1) is 0 Å². The Morgan fingerprint density at radius 2 is 2.00 bits per heavy atom. The van der Waals surface area contributed by atoms with Gasteiger partial charge in [0.25, 0.3) is 0 Å². The Bertz CT molecular complexity index is 551. The van der Waals surface area contributed by atoms with Gasteiger partial charge in [0.2, 0.25) is 5.95 Å². The van der Waals surface area contributed by atoms with Crippen LogP contribution in [0.3, 0.4) is 0 Å². The zero-order chi connectivity index (χ0) is 17.8. The largest absolute Gasteiger partial charge is 0.490 e. The number of nitrogen functional groups attached to an aromatic ring is 1. The van der Waals surface area contributed by atoms with Crippen molar-refractivity contribution in [3.8, 4) is 0 Å². The first kappa shape index (κ1) is 18.9. The average Bonchev–Trinajstić information content (AvgIpc) is 2.84. The number of aliphatic carboxylic acids is 1. The number of nitrogens with zero attached hydrogens (tertiary/aromatic N) is 3. The van der Waals surface area contributed by atoms with E-state index in [0.717, 1.165) is 31.0 Å². The number of carboxylic acid groups (broad SMARTS) is 1. The number of alkyl halides is 3. The maximum absolute atomic E-state index is 10.6. The lowest BCUT2D eigenvalue weighted by molar-refractivity contribution is -0.192. The molecule has 1 aliphatic heterocycles. The van der Waals surface area contributed by atoms with E-state index in [-0.39, 0.29) is 6.04 Å². The number of halogens is 3. The first-order valence-corrected chi connectivity index (χ1v) is 6.95. The second-order valence-corrected chi connectivity index (χ2v) is 5.46. The van der Waals surface area contributed by atoms with Gasteiger partial charge >= 0.3 is 12.1 Å². The van der Waals surface area contributed by atoms with Gasteiger partial charge in [-0.1, -0.05) is 13.8 Å². The second kappa shape index (κ2) is 7.44. The fourth-order valence-electron chi connectivity index (χ4n) is 1.92. The van der Waals surface area contributed by atoms with Crippen LogP contribution in [0.2, 0.25) is 0 Å². The zero-order valence-electron chi connectivity index (χ0n) is 12.8. The molecule has 0 aromatic carbocycles. The Hall–Kier alpha value is -2.10. The smallest absolute Gasteiger partial charge is 0.475 e. The van der Waals surface area contributed by atoms with Crippen LogP contribution in [0.4, 0.5) is 24.9 Å². The minimum absolute atomic E-state index is 0.249. The molecule has 0 amide bonds. The third kappa shape index (κ3) is 5.89. The zero-order valence-corrected chi connectivity index (χ0v) is 12.8. The highest BCUT2D eigenvalue weighted by Crippen LogP contribution is 2.22. The standard InChI is InChI=1S/C11H19N5.C2HF3O2/c1-7(2)9-5-10(15-11(13)14-9)16-4-3-8(12)6-16;3-2(4,5)1(6)7/h5,7-8H,3-4,6,12H2,1-2H3,(H2,13,14,15);(H,6,7)/t8-;/m1./s1. The quantitative estimate of drug-likeness (QED) is 0.746. The average molecular weight is 335 g/mol. The number of nitrogens with two attached hydrogens (primary N) is 2. The Balaban J connectivity index is 0.000000322. The highest BCUT2D eigenvalue weighted by atomic mass is 19.4. The van der Waals surface area contributed by atoms with Gasteiger partial charge < -0.3 is 21.5 Å². The summed E-state index contributed by atoms with van der Waals surface area (Å²) in [5, 5.41) is 7.12. The van der Waals surface area contributed by atoms with Crippen LogP contribution in [0.15, 0.2) is 6.07 Å². The van der Waals surface area contributed by atoms with Crippen LogP contribution in [-0.4, -0.2) is 46.4 Å². The van der Waals surface area contributed by atoms with E-state index in [1.165, 1.54) is 0 Å². The van der Waals surface area contributed by atoms with Crippen LogP contribution in [0.1, 0.15) is 31.9 Å². The van der Waals surface area contributed by atoms with Crippen molar-refractivity contribution < 1.29 is 23.1 Å². The van der Waals surface area contributed by atoms with E-state index in [2.05, 4.69) is 28.7 Å². The predicted molar refractivity (Wildman–Crippen MR) is 79.0 cm³/mol.